The fraction of sp³-hybridized carbons (Fsp3) is 0.158. The number of benzene rings is 2. The third-order valence-electron chi connectivity index (χ3n) is 3.63. The topological polar surface area (TPSA) is 56.2 Å². The van der Waals surface area contributed by atoms with E-state index in [-0.39, 0.29) is 5.75 Å². The third kappa shape index (κ3) is 4.05. The van der Waals surface area contributed by atoms with E-state index >= 15 is 0 Å². The van der Waals surface area contributed by atoms with Crippen molar-refractivity contribution >= 4 is 11.7 Å². The minimum absolute atomic E-state index is 0.190. The first-order chi connectivity index (χ1) is 12.4. The summed E-state index contributed by atoms with van der Waals surface area (Å²) >= 11 is 0. The number of aromatic nitrogens is 2. The van der Waals surface area contributed by atoms with Crippen LogP contribution in [0.3, 0.4) is 0 Å². The number of amides is 1. The van der Waals surface area contributed by atoms with Gasteiger partial charge in [0.15, 0.2) is 18.2 Å². The second-order valence-corrected chi connectivity index (χ2v) is 5.83. The molecule has 1 heterocycles. The Morgan fingerprint density at radius 2 is 1.85 bits per heavy atom. The van der Waals surface area contributed by atoms with Crippen molar-refractivity contribution < 1.29 is 18.3 Å². The summed E-state index contributed by atoms with van der Waals surface area (Å²) in [5, 5.41) is 7.05. The molecule has 3 rings (SSSR count). The molecule has 1 aromatic heterocycles. The molecule has 0 unspecified atom stereocenters. The minimum atomic E-state index is -0.863. The summed E-state index contributed by atoms with van der Waals surface area (Å²) in [6, 6.07) is 12.3. The molecule has 0 atom stereocenters. The van der Waals surface area contributed by atoms with E-state index < -0.39 is 24.1 Å². The quantitative estimate of drug-likeness (QED) is 0.756. The van der Waals surface area contributed by atoms with Gasteiger partial charge >= 0.3 is 0 Å². The molecule has 0 bridgehead atoms. The van der Waals surface area contributed by atoms with Crippen LogP contribution >= 0.6 is 0 Å². The molecule has 0 spiro atoms. The van der Waals surface area contributed by atoms with Crippen molar-refractivity contribution in [2.75, 3.05) is 11.9 Å². The van der Waals surface area contributed by atoms with Crippen molar-refractivity contribution in [1.82, 2.24) is 9.78 Å². The van der Waals surface area contributed by atoms with Gasteiger partial charge < -0.3 is 10.1 Å². The Balaban J connectivity index is 1.70. The number of rotatable bonds is 5. The Morgan fingerprint density at radius 1 is 1.12 bits per heavy atom. The van der Waals surface area contributed by atoms with Gasteiger partial charge in [0.05, 0.1) is 11.4 Å². The maximum absolute atomic E-state index is 13.5. The number of anilines is 1. The predicted molar refractivity (Wildman–Crippen MR) is 93.5 cm³/mol. The number of halogens is 2. The Labute approximate surface area is 149 Å². The van der Waals surface area contributed by atoms with E-state index in [2.05, 4.69) is 10.4 Å². The van der Waals surface area contributed by atoms with Crippen molar-refractivity contribution in [1.29, 1.82) is 0 Å². The summed E-state index contributed by atoms with van der Waals surface area (Å²) in [4.78, 5) is 12.1. The van der Waals surface area contributed by atoms with Gasteiger partial charge in [-0.1, -0.05) is 17.7 Å². The van der Waals surface area contributed by atoms with E-state index in [9.17, 15) is 13.6 Å². The Bertz CT molecular complexity index is 936. The van der Waals surface area contributed by atoms with Gasteiger partial charge in [0, 0.05) is 12.1 Å². The van der Waals surface area contributed by atoms with Gasteiger partial charge in [0.2, 0.25) is 0 Å². The van der Waals surface area contributed by atoms with Crippen LogP contribution in [0.4, 0.5) is 14.6 Å². The lowest BCUT2D eigenvalue weighted by Crippen LogP contribution is -2.22. The molecule has 0 saturated heterocycles. The summed E-state index contributed by atoms with van der Waals surface area (Å²) in [5.41, 5.74) is 2.63. The van der Waals surface area contributed by atoms with Gasteiger partial charge in [-0.2, -0.15) is 5.10 Å². The molecule has 1 N–H and O–H groups in total. The van der Waals surface area contributed by atoms with Crippen LogP contribution in [0.1, 0.15) is 11.3 Å². The predicted octanol–water partition coefficient (Wildman–Crippen LogP) is 3.78. The van der Waals surface area contributed by atoms with E-state index in [1.54, 1.807) is 10.7 Å². The molecule has 0 aliphatic rings. The smallest absolute Gasteiger partial charge is 0.263 e. The highest BCUT2D eigenvalue weighted by Gasteiger charge is 2.13. The molecule has 2 aromatic carbocycles. The molecular weight excluding hydrogens is 340 g/mol. The summed E-state index contributed by atoms with van der Waals surface area (Å²) in [7, 11) is 0. The third-order valence-corrected chi connectivity index (χ3v) is 3.63. The van der Waals surface area contributed by atoms with Crippen molar-refractivity contribution in [2.24, 2.45) is 0 Å². The first-order valence-corrected chi connectivity index (χ1v) is 7.94. The molecule has 0 fully saturated rings. The molecule has 3 aromatic rings. The number of carbonyl (C=O) groups excluding carboxylic acids is 1. The molecule has 1 amide bonds. The largest absolute Gasteiger partial charge is 0.481 e. The summed E-state index contributed by atoms with van der Waals surface area (Å²) in [5.74, 6) is -1.78. The molecule has 0 aliphatic heterocycles. The normalized spacial score (nSPS) is 10.6. The minimum Gasteiger partial charge on any atom is -0.481 e. The van der Waals surface area contributed by atoms with Crippen LogP contribution in [0.25, 0.3) is 5.69 Å². The van der Waals surface area contributed by atoms with Gasteiger partial charge in [-0.05, 0) is 38.1 Å². The van der Waals surface area contributed by atoms with Crippen molar-refractivity contribution in [3.05, 3.63) is 71.4 Å². The van der Waals surface area contributed by atoms with Crippen LogP contribution in [0.5, 0.6) is 5.75 Å². The molecule has 0 aliphatic carbocycles. The number of nitrogens with one attached hydrogen (secondary N) is 1. The van der Waals surface area contributed by atoms with E-state index in [1.165, 1.54) is 0 Å². The van der Waals surface area contributed by atoms with Crippen LogP contribution in [0, 0.1) is 25.5 Å². The average molecular weight is 357 g/mol. The number of carbonyl (C=O) groups is 1. The maximum Gasteiger partial charge on any atom is 0.263 e. The number of hydrogen-bond donors (Lipinski definition) is 1. The van der Waals surface area contributed by atoms with Crippen LogP contribution in [0.15, 0.2) is 48.5 Å². The summed E-state index contributed by atoms with van der Waals surface area (Å²) < 4.78 is 33.1. The molecule has 5 nitrogen and oxygen atoms in total. The monoisotopic (exact) mass is 357 g/mol. The fourth-order valence-electron chi connectivity index (χ4n) is 2.39. The summed E-state index contributed by atoms with van der Waals surface area (Å²) in [6.07, 6.45) is 0. The zero-order chi connectivity index (χ0) is 18.7. The Kier molecular flexibility index (Phi) is 4.97. The van der Waals surface area contributed by atoms with Crippen molar-refractivity contribution in [2.45, 2.75) is 13.8 Å². The lowest BCUT2D eigenvalue weighted by molar-refractivity contribution is -0.118. The van der Waals surface area contributed by atoms with Crippen LogP contribution in [-0.4, -0.2) is 22.3 Å². The molecule has 134 valence electrons. The second kappa shape index (κ2) is 7.35. The first-order valence-electron chi connectivity index (χ1n) is 7.94. The molecule has 26 heavy (non-hydrogen) atoms. The number of ether oxygens (including phenoxy) is 1. The van der Waals surface area contributed by atoms with Crippen LogP contribution in [-0.2, 0) is 4.79 Å². The maximum atomic E-state index is 13.5. The standard InChI is InChI=1S/C19H17F2N3O2/c1-12-3-6-15(7-4-12)24-18(9-13(2)23-24)22-19(25)11-26-17-8-5-14(20)10-16(17)21/h3-10H,11H2,1-2H3,(H,22,25). The SMILES string of the molecule is Cc1ccc(-n2nc(C)cc2NC(=O)COc2ccc(F)cc2F)cc1. The lowest BCUT2D eigenvalue weighted by Gasteiger charge is -2.10. The van der Waals surface area contributed by atoms with Gasteiger partial charge in [0.1, 0.15) is 11.6 Å². The zero-order valence-corrected chi connectivity index (χ0v) is 14.3. The van der Waals surface area contributed by atoms with E-state index in [4.69, 9.17) is 4.74 Å². The first kappa shape index (κ1) is 17.6. The molecule has 7 heteroatoms. The second-order valence-electron chi connectivity index (χ2n) is 5.83. The number of nitrogens with zero attached hydrogens (tertiary/aromatic N) is 2. The van der Waals surface area contributed by atoms with Gasteiger partial charge in [-0.15, -0.1) is 0 Å². The van der Waals surface area contributed by atoms with Gasteiger partial charge in [-0.3, -0.25) is 4.79 Å². The highest BCUT2D eigenvalue weighted by molar-refractivity contribution is 5.91. The fourth-order valence-corrected chi connectivity index (χ4v) is 2.39. The number of aryl methyl sites for hydroxylation is 2. The van der Waals surface area contributed by atoms with E-state index in [0.29, 0.717) is 11.9 Å². The van der Waals surface area contributed by atoms with Crippen molar-refractivity contribution in [3.63, 3.8) is 0 Å². The highest BCUT2D eigenvalue weighted by Crippen LogP contribution is 2.19. The van der Waals surface area contributed by atoms with E-state index in [1.807, 2.05) is 38.1 Å². The van der Waals surface area contributed by atoms with Crippen molar-refractivity contribution in [3.8, 4) is 11.4 Å². The average Bonchev–Trinajstić information content (AvgIpc) is 2.95. The molecular formula is C19H17F2N3O2. The highest BCUT2D eigenvalue weighted by atomic mass is 19.1. The van der Waals surface area contributed by atoms with Crippen LogP contribution < -0.4 is 10.1 Å². The number of hydrogen-bond acceptors (Lipinski definition) is 3. The van der Waals surface area contributed by atoms with Gasteiger partial charge in [0.25, 0.3) is 5.91 Å². The Morgan fingerprint density at radius 3 is 2.54 bits per heavy atom. The van der Waals surface area contributed by atoms with E-state index in [0.717, 1.165) is 29.1 Å². The van der Waals surface area contributed by atoms with Crippen LogP contribution in [0.2, 0.25) is 0 Å². The lowest BCUT2D eigenvalue weighted by atomic mass is 10.2. The van der Waals surface area contributed by atoms with Gasteiger partial charge in [-0.25, -0.2) is 13.5 Å². The molecule has 0 radical (unpaired) electrons. The molecule has 0 saturated carbocycles. The zero-order valence-electron chi connectivity index (χ0n) is 14.3. The summed E-state index contributed by atoms with van der Waals surface area (Å²) in [6.45, 7) is 3.37. The Hall–Kier alpha value is -3.22.